The minimum absolute atomic E-state index is 0.0406. The Morgan fingerprint density at radius 3 is 2.41 bits per heavy atom. The zero-order valence-corrected chi connectivity index (χ0v) is 18.2. The van der Waals surface area contributed by atoms with Crippen LogP contribution in [0.4, 0.5) is 0 Å². The zero-order valence-electron chi connectivity index (χ0n) is 17.4. The molecule has 0 N–H and O–H groups in total. The summed E-state index contributed by atoms with van der Waals surface area (Å²) in [6, 6.07) is 7.13. The summed E-state index contributed by atoms with van der Waals surface area (Å²) in [5, 5.41) is 0. The summed E-state index contributed by atoms with van der Waals surface area (Å²) in [6.45, 7) is 10.3. The predicted molar refractivity (Wildman–Crippen MR) is 110 cm³/mol. The molecule has 27 heavy (non-hydrogen) atoms. The molecule has 154 valence electrons. The Balaban J connectivity index is 3.01. The van der Waals surface area contributed by atoms with Crippen molar-refractivity contribution in [1.29, 1.82) is 0 Å². The molecular weight excluding hydrogens is 362 g/mol. The fourth-order valence-electron chi connectivity index (χ4n) is 2.96. The second-order valence-corrected chi connectivity index (χ2v) is 8.91. The summed E-state index contributed by atoms with van der Waals surface area (Å²) in [7, 11) is -3.56. The van der Waals surface area contributed by atoms with Gasteiger partial charge in [0.1, 0.15) is 5.75 Å². The largest absolute Gasteiger partial charge is 0.382 e. The number of carbonyl (C=O) groups excluding carboxylic acids is 1. The Kier molecular flexibility index (Phi) is 9.84. The monoisotopic (exact) mass is 397 g/mol. The number of hydrogen-bond donors (Lipinski definition) is 0. The maximum atomic E-state index is 13.1. The summed E-state index contributed by atoms with van der Waals surface area (Å²) >= 11 is 0. The van der Waals surface area contributed by atoms with E-state index in [-0.39, 0.29) is 23.6 Å². The van der Waals surface area contributed by atoms with Crippen LogP contribution < -0.4 is 4.18 Å². The molecule has 5 nitrogen and oxygen atoms in total. The third-order valence-corrected chi connectivity index (χ3v) is 6.14. The molecule has 0 saturated heterocycles. The van der Waals surface area contributed by atoms with Crippen molar-refractivity contribution < 1.29 is 17.4 Å². The van der Waals surface area contributed by atoms with Crippen molar-refractivity contribution in [2.45, 2.75) is 79.3 Å². The van der Waals surface area contributed by atoms with Crippen molar-refractivity contribution in [3.63, 3.8) is 0 Å². The average molecular weight is 398 g/mol. The average Bonchev–Trinajstić information content (AvgIpc) is 2.65. The number of hydrogen-bond acceptors (Lipinski definition) is 4. The fraction of sp³-hybridized carbons (Fsp3) is 0.667. The van der Waals surface area contributed by atoms with Crippen molar-refractivity contribution in [3.05, 3.63) is 29.8 Å². The van der Waals surface area contributed by atoms with Gasteiger partial charge < -0.3 is 9.08 Å². The van der Waals surface area contributed by atoms with Gasteiger partial charge in [-0.2, -0.15) is 8.42 Å². The van der Waals surface area contributed by atoms with E-state index in [1.54, 1.807) is 25.1 Å². The van der Waals surface area contributed by atoms with Gasteiger partial charge in [0.2, 0.25) is 5.91 Å². The van der Waals surface area contributed by atoms with E-state index < -0.39 is 10.1 Å². The van der Waals surface area contributed by atoms with E-state index in [4.69, 9.17) is 4.18 Å². The third kappa shape index (κ3) is 7.53. The summed E-state index contributed by atoms with van der Waals surface area (Å²) in [5.41, 5.74) is 0.873. The molecule has 1 aromatic rings. The summed E-state index contributed by atoms with van der Waals surface area (Å²) in [4.78, 5) is 15.1. The Morgan fingerprint density at radius 2 is 1.85 bits per heavy atom. The molecule has 1 aromatic carbocycles. The van der Waals surface area contributed by atoms with Crippen LogP contribution >= 0.6 is 0 Å². The zero-order chi connectivity index (χ0) is 20.4. The molecule has 0 bridgehead atoms. The highest BCUT2D eigenvalue weighted by Crippen LogP contribution is 2.23. The summed E-state index contributed by atoms with van der Waals surface area (Å²) < 4.78 is 28.5. The maximum Gasteiger partial charge on any atom is 0.308 e. The lowest BCUT2D eigenvalue weighted by atomic mass is 9.96. The third-order valence-electron chi connectivity index (χ3n) is 4.98. The molecule has 2 atom stereocenters. The number of rotatable bonds is 12. The first-order valence-electron chi connectivity index (χ1n) is 10.1. The highest BCUT2D eigenvalue weighted by Gasteiger charge is 2.26. The van der Waals surface area contributed by atoms with Crippen molar-refractivity contribution in [3.8, 4) is 5.75 Å². The van der Waals surface area contributed by atoms with Gasteiger partial charge in [0.05, 0.1) is 5.75 Å². The molecule has 0 aliphatic rings. The molecule has 0 spiro atoms. The van der Waals surface area contributed by atoms with E-state index in [0.29, 0.717) is 12.3 Å². The lowest BCUT2D eigenvalue weighted by Crippen LogP contribution is -2.41. The number of nitrogens with zero attached hydrogens (tertiary/aromatic N) is 1. The quantitative estimate of drug-likeness (QED) is 0.477. The molecule has 6 heteroatoms. The van der Waals surface area contributed by atoms with Crippen LogP contribution in [0.15, 0.2) is 24.3 Å². The highest BCUT2D eigenvalue weighted by molar-refractivity contribution is 7.87. The molecule has 1 amide bonds. The Bertz CT molecular complexity index is 687. The van der Waals surface area contributed by atoms with Crippen molar-refractivity contribution >= 4 is 16.0 Å². The lowest BCUT2D eigenvalue weighted by Gasteiger charge is -2.32. The minimum Gasteiger partial charge on any atom is -0.382 e. The highest BCUT2D eigenvalue weighted by atomic mass is 32.2. The number of amides is 1. The number of unbranched alkanes of at least 4 members (excludes halogenated alkanes) is 1. The van der Waals surface area contributed by atoms with E-state index in [0.717, 1.165) is 37.7 Å². The van der Waals surface area contributed by atoms with Crippen LogP contribution in [0.1, 0.15) is 72.3 Å². The van der Waals surface area contributed by atoms with Crippen LogP contribution in [0.5, 0.6) is 5.75 Å². The molecule has 0 radical (unpaired) electrons. The molecule has 0 aromatic heterocycles. The summed E-state index contributed by atoms with van der Waals surface area (Å²) in [5.74, 6) is 0.445. The van der Waals surface area contributed by atoms with Crippen LogP contribution in [0.3, 0.4) is 0 Å². The molecule has 1 rings (SSSR count). The first-order chi connectivity index (χ1) is 12.8. The fourth-order valence-corrected chi connectivity index (χ4v) is 3.47. The number of carbonyl (C=O) groups is 1. The molecule has 0 saturated carbocycles. The second kappa shape index (κ2) is 11.3. The Morgan fingerprint density at radius 1 is 1.15 bits per heavy atom. The smallest absolute Gasteiger partial charge is 0.308 e. The first kappa shape index (κ1) is 23.5. The predicted octanol–water partition coefficient (Wildman–Crippen LogP) is 4.76. The molecular formula is C21H35NO4S. The van der Waals surface area contributed by atoms with Crippen LogP contribution in [0, 0.1) is 5.92 Å². The van der Waals surface area contributed by atoms with Gasteiger partial charge in [-0.25, -0.2) is 0 Å². The second-order valence-electron chi connectivity index (χ2n) is 7.05. The minimum atomic E-state index is -3.56. The van der Waals surface area contributed by atoms with E-state index in [1.807, 2.05) is 11.0 Å². The van der Waals surface area contributed by atoms with E-state index in [1.165, 1.54) is 0 Å². The van der Waals surface area contributed by atoms with E-state index in [9.17, 15) is 13.2 Å². The SMILES string of the molecule is CCCC[C@H](CC)C(=O)N(Cc1cccc(OS(=O)(=O)CC)c1)[C@H](C)CC. The standard InChI is InChI=1S/C21H35NO4S/c1-6-10-13-19(8-3)21(23)22(17(5)7-2)16-18-12-11-14-20(15-18)26-27(24,25)9-4/h11-12,14-15,17,19H,6-10,13,16H2,1-5H3/t17-,19+/m1/s1. The van der Waals surface area contributed by atoms with E-state index >= 15 is 0 Å². The maximum absolute atomic E-state index is 13.1. The van der Waals surface area contributed by atoms with Crippen molar-refractivity contribution in [2.24, 2.45) is 5.92 Å². The Hall–Kier alpha value is -1.56. The van der Waals surface area contributed by atoms with Gasteiger partial charge in [0.25, 0.3) is 0 Å². The van der Waals surface area contributed by atoms with Crippen LogP contribution in [-0.4, -0.2) is 31.0 Å². The lowest BCUT2D eigenvalue weighted by molar-refractivity contribution is -0.138. The first-order valence-corrected chi connectivity index (χ1v) is 11.7. The number of benzene rings is 1. The molecule has 0 aliphatic carbocycles. The van der Waals surface area contributed by atoms with Gasteiger partial charge in [-0.1, -0.05) is 45.7 Å². The van der Waals surface area contributed by atoms with Gasteiger partial charge in [0, 0.05) is 18.5 Å². The van der Waals surface area contributed by atoms with Gasteiger partial charge in [0.15, 0.2) is 0 Å². The van der Waals surface area contributed by atoms with Crippen LogP contribution in [-0.2, 0) is 21.5 Å². The van der Waals surface area contributed by atoms with Crippen LogP contribution in [0.2, 0.25) is 0 Å². The Labute approximate surface area is 165 Å². The summed E-state index contributed by atoms with van der Waals surface area (Å²) in [6.07, 6.45) is 4.76. The van der Waals surface area contributed by atoms with Crippen LogP contribution in [0.25, 0.3) is 0 Å². The van der Waals surface area contributed by atoms with E-state index in [2.05, 4.69) is 27.7 Å². The topological polar surface area (TPSA) is 63.7 Å². The van der Waals surface area contributed by atoms with Gasteiger partial charge >= 0.3 is 10.1 Å². The normalized spacial score (nSPS) is 13.8. The van der Waals surface area contributed by atoms with Crippen molar-refractivity contribution in [1.82, 2.24) is 4.90 Å². The molecule has 0 aliphatic heterocycles. The molecule has 0 unspecified atom stereocenters. The molecule has 0 heterocycles. The van der Waals surface area contributed by atoms with Crippen molar-refractivity contribution in [2.75, 3.05) is 5.75 Å². The van der Waals surface area contributed by atoms with Gasteiger partial charge in [-0.3, -0.25) is 4.79 Å². The van der Waals surface area contributed by atoms with Gasteiger partial charge in [-0.15, -0.1) is 0 Å². The van der Waals surface area contributed by atoms with Gasteiger partial charge in [-0.05, 0) is 50.8 Å². The molecule has 0 fully saturated rings.